The number of fused-ring (bicyclic) bond motifs is 6. The second-order valence-electron chi connectivity index (χ2n) is 10.3. The number of aromatic nitrogens is 2. The number of nitrogens with one attached hydrogen (secondary N) is 1. The minimum Gasteiger partial charge on any atom is -0.494 e. The van der Waals surface area contributed by atoms with Gasteiger partial charge in [0.15, 0.2) is 0 Å². The molecule has 3 aliphatic rings. The first-order valence-electron chi connectivity index (χ1n) is 13.2. The first kappa shape index (κ1) is 24.2. The maximum Gasteiger partial charge on any atom is 0.240 e. The second-order valence-corrected chi connectivity index (χ2v) is 10.3. The van der Waals surface area contributed by atoms with Gasteiger partial charge in [-0.05, 0) is 54.7 Å². The third kappa shape index (κ3) is 4.02. The number of rotatable bonds is 3. The lowest BCUT2D eigenvalue weighted by Gasteiger charge is -2.35. The molecule has 0 saturated carbocycles. The smallest absolute Gasteiger partial charge is 0.240 e. The Kier molecular flexibility index (Phi) is 6.13. The maximum absolute atomic E-state index is 14.4. The highest BCUT2D eigenvalue weighted by Gasteiger charge is 2.61. The van der Waals surface area contributed by atoms with Gasteiger partial charge in [-0.25, -0.2) is 0 Å². The van der Waals surface area contributed by atoms with E-state index >= 15 is 0 Å². The summed E-state index contributed by atoms with van der Waals surface area (Å²) < 4.78 is 7.77. The van der Waals surface area contributed by atoms with Crippen molar-refractivity contribution in [2.45, 2.75) is 44.2 Å². The van der Waals surface area contributed by atoms with Gasteiger partial charge in [0.25, 0.3) is 0 Å². The van der Waals surface area contributed by atoms with Crippen LogP contribution >= 0.6 is 0 Å². The van der Waals surface area contributed by atoms with E-state index in [4.69, 9.17) is 4.74 Å². The fourth-order valence-corrected chi connectivity index (χ4v) is 6.18. The molecule has 1 saturated heterocycles. The summed E-state index contributed by atoms with van der Waals surface area (Å²) in [5.74, 6) is 0.301. The van der Waals surface area contributed by atoms with Crippen LogP contribution in [0, 0.1) is 6.92 Å². The zero-order valence-corrected chi connectivity index (χ0v) is 21.4. The number of para-hydroxylation sites is 1. The van der Waals surface area contributed by atoms with Gasteiger partial charge in [-0.15, -0.1) is 0 Å². The molecule has 196 valence electrons. The third-order valence-electron chi connectivity index (χ3n) is 7.85. The van der Waals surface area contributed by atoms with E-state index in [0.717, 1.165) is 22.4 Å². The molecule has 1 spiro atoms. The van der Waals surface area contributed by atoms with Crippen LogP contribution < -0.4 is 15.0 Å². The molecule has 9 heteroatoms. The van der Waals surface area contributed by atoms with Gasteiger partial charge in [-0.2, -0.15) is 5.10 Å². The van der Waals surface area contributed by atoms with Crippen molar-refractivity contribution >= 4 is 23.4 Å². The van der Waals surface area contributed by atoms with Crippen LogP contribution in [0.2, 0.25) is 0 Å². The van der Waals surface area contributed by atoms with Gasteiger partial charge in [-0.3, -0.25) is 19.1 Å². The minimum absolute atomic E-state index is 0.0334. The molecule has 1 fully saturated rings. The number of nitrogens with zero attached hydrogens (tertiary/aromatic N) is 4. The van der Waals surface area contributed by atoms with Crippen molar-refractivity contribution in [3.8, 4) is 5.75 Å². The lowest BCUT2D eigenvalue weighted by molar-refractivity contribution is -0.134. The summed E-state index contributed by atoms with van der Waals surface area (Å²) in [6.45, 7) is 3.73. The third-order valence-corrected chi connectivity index (χ3v) is 7.85. The molecule has 4 bridgehead atoms. The molecule has 3 amide bonds. The Bertz CT molecular complexity index is 1400. The zero-order chi connectivity index (χ0) is 26.3. The van der Waals surface area contributed by atoms with E-state index < -0.39 is 11.5 Å². The molecular weight excluding hydrogens is 482 g/mol. The Balaban J connectivity index is 1.44. The highest BCUT2D eigenvalue weighted by molar-refractivity contribution is 6.12. The average molecular weight is 514 g/mol. The van der Waals surface area contributed by atoms with Crippen LogP contribution in [0.5, 0.6) is 5.75 Å². The lowest BCUT2D eigenvalue weighted by atomic mass is 9.72. The fraction of sp³-hybridized carbons (Fsp3) is 0.379. The van der Waals surface area contributed by atoms with Crippen LogP contribution in [0.4, 0.5) is 5.69 Å². The number of anilines is 1. The summed E-state index contributed by atoms with van der Waals surface area (Å²) >= 11 is 0. The van der Waals surface area contributed by atoms with Gasteiger partial charge in [0.2, 0.25) is 17.7 Å². The maximum atomic E-state index is 14.4. The molecule has 3 aliphatic heterocycles. The van der Waals surface area contributed by atoms with E-state index in [1.165, 1.54) is 0 Å². The van der Waals surface area contributed by atoms with Crippen LogP contribution in [0.15, 0.2) is 60.9 Å². The summed E-state index contributed by atoms with van der Waals surface area (Å²) in [5, 5.41) is 7.23. The predicted molar refractivity (Wildman–Crippen MR) is 141 cm³/mol. The molecule has 38 heavy (non-hydrogen) atoms. The number of ether oxygens (including phenoxy) is 1. The highest BCUT2D eigenvalue weighted by atomic mass is 16.5. The van der Waals surface area contributed by atoms with Crippen molar-refractivity contribution in [1.82, 2.24) is 20.0 Å². The lowest BCUT2D eigenvalue weighted by Crippen LogP contribution is -2.48. The highest BCUT2D eigenvalue weighted by Crippen LogP contribution is 2.56. The van der Waals surface area contributed by atoms with Crippen molar-refractivity contribution in [2.75, 3.05) is 31.1 Å². The quantitative estimate of drug-likeness (QED) is 0.581. The van der Waals surface area contributed by atoms with Crippen LogP contribution in [-0.2, 0) is 26.3 Å². The number of hydrogen-bond acceptors (Lipinski definition) is 5. The van der Waals surface area contributed by atoms with Crippen molar-refractivity contribution in [2.24, 2.45) is 0 Å². The number of amides is 3. The Morgan fingerprint density at radius 3 is 2.89 bits per heavy atom. The first-order chi connectivity index (χ1) is 18.5. The van der Waals surface area contributed by atoms with Gasteiger partial charge in [0.1, 0.15) is 17.7 Å². The SMILES string of the molecule is Cc1cnn(CCC(=O)N2CC[C@]34C(=O)N(CC(=O)NCCCOc5cccc(c5)[C@H]23)c2ccccc24)c1. The van der Waals surface area contributed by atoms with Crippen molar-refractivity contribution in [1.29, 1.82) is 0 Å². The summed E-state index contributed by atoms with van der Waals surface area (Å²) in [6.07, 6.45) is 5.08. The molecule has 4 heterocycles. The fourth-order valence-electron chi connectivity index (χ4n) is 6.18. The van der Waals surface area contributed by atoms with Gasteiger partial charge in [0.05, 0.1) is 18.8 Å². The number of benzene rings is 2. The molecule has 1 N–H and O–H groups in total. The summed E-state index contributed by atoms with van der Waals surface area (Å²) in [4.78, 5) is 44.4. The Morgan fingerprint density at radius 2 is 2.05 bits per heavy atom. The molecule has 2 aromatic carbocycles. The number of carbonyl (C=O) groups excluding carboxylic acids is 3. The largest absolute Gasteiger partial charge is 0.494 e. The topological polar surface area (TPSA) is 96.8 Å². The summed E-state index contributed by atoms with van der Waals surface area (Å²) in [5.41, 5.74) is 2.51. The normalized spacial score (nSPS) is 22.8. The molecule has 3 aromatic rings. The van der Waals surface area contributed by atoms with E-state index in [1.807, 2.05) is 66.6 Å². The Hall–Kier alpha value is -4.14. The Morgan fingerprint density at radius 1 is 1.18 bits per heavy atom. The molecule has 6 rings (SSSR count). The molecule has 9 nitrogen and oxygen atoms in total. The van der Waals surface area contributed by atoms with Crippen LogP contribution in [0.1, 0.15) is 42.0 Å². The average Bonchev–Trinajstić information content (AvgIpc) is 3.59. The molecule has 0 radical (unpaired) electrons. The van der Waals surface area contributed by atoms with Gasteiger partial charge in [-0.1, -0.05) is 30.3 Å². The monoisotopic (exact) mass is 513 g/mol. The molecule has 1 aromatic heterocycles. The molecule has 2 atom stereocenters. The van der Waals surface area contributed by atoms with Crippen molar-refractivity contribution in [3.63, 3.8) is 0 Å². The molecule has 0 aliphatic carbocycles. The standard InChI is InChI=1S/C29H31N5O4/c1-20-17-31-32(18-20)13-10-26(36)33-14-11-29-23-8-2-3-9-24(23)34(28(29)37)19-25(35)30-12-5-15-38-22-7-4-6-21(16-22)27(29)33/h2-4,6-9,16-18,27H,5,10-15,19H2,1H3,(H,30,35)/t27-,29+/m0/s1. The molecular formula is C29H31N5O4. The minimum atomic E-state index is -0.989. The van der Waals surface area contributed by atoms with Gasteiger partial charge < -0.3 is 19.9 Å². The van der Waals surface area contributed by atoms with Gasteiger partial charge in [0, 0.05) is 37.9 Å². The van der Waals surface area contributed by atoms with E-state index in [0.29, 0.717) is 44.8 Å². The van der Waals surface area contributed by atoms with E-state index in [2.05, 4.69) is 10.4 Å². The second kappa shape index (κ2) is 9.63. The van der Waals surface area contributed by atoms with E-state index in [-0.39, 0.29) is 30.7 Å². The summed E-state index contributed by atoms with van der Waals surface area (Å²) in [6, 6.07) is 14.9. The van der Waals surface area contributed by atoms with Crippen LogP contribution in [-0.4, -0.2) is 58.6 Å². The predicted octanol–water partition coefficient (Wildman–Crippen LogP) is 2.74. The van der Waals surface area contributed by atoms with Crippen molar-refractivity contribution < 1.29 is 19.1 Å². The Labute approximate surface area is 221 Å². The van der Waals surface area contributed by atoms with Gasteiger partial charge >= 0.3 is 0 Å². The first-order valence-corrected chi connectivity index (χ1v) is 13.2. The molecule has 0 unspecified atom stereocenters. The van der Waals surface area contributed by atoms with Crippen molar-refractivity contribution in [3.05, 3.63) is 77.6 Å². The van der Waals surface area contributed by atoms with E-state index in [1.54, 1.807) is 15.8 Å². The number of likely N-dealkylation sites (tertiary alicyclic amines) is 1. The van der Waals surface area contributed by atoms with E-state index in [9.17, 15) is 14.4 Å². The number of carbonyl (C=O) groups is 3. The summed E-state index contributed by atoms with van der Waals surface area (Å²) in [7, 11) is 0. The van der Waals surface area contributed by atoms with Crippen LogP contribution in [0.3, 0.4) is 0 Å². The zero-order valence-electron chi connectivity index (χ0n) is 21.4. The number of hydrogen-bond donors (Lipinski definition) is 1. The number of aryl methyl sites for hydroxylation is 2. The van der Waals surface area contributed by atoms with Crippen LogP contribution in [0.25, 0.3) is 0 Å².